The first kappa shape index (κ1) is 29.8. The van der Waals surface area contributed by atoms with E-state index in [4.69, 9.17) is 16.1 Å². The van der Waals surface area contributed by atoms with Gasteiger partial charge in [0.15, 0.2) is 14.0 Å². The normalized spacial score (nSPS) is 12.9. The van der Waals surface area contributed by atoms with Gasteiger partial charge in [-0.15, -0.1) is 0 Å². The largest absolute Gasteiger partial charge is 0.432 e. The van der Waals surface area contributed by atoms with Crippen molar-refractivity contribution in [1.29, 1.82) is 0 Å². The van der Waals surface area contributed by atoms with E-state index in [1.54, 1.807) is 6.20 Å². The van der Waals surface area contributed by atoms with Gasteiger partial charge >= 0.3 is 6.18 Å². The van der Waals surface area contributed by atoms with Gasteiger partial charge in [0.05, 0.1) is 10.6 Å². The number of hydrogen-bond donors (Lipinski definition) is 2. The topological polar surface area (TPSA) is 110 Å². The zero-order valence-corrected chi connectivity index (χ0v) is 25.2. The third-order valence-corrected chi connectivity index (χ3v) is 11.6. The van der Waals surface area contributed by atoms with Gasteiger partial charge in [-0.3, -0.25) is 4.79 Å². The standard InChI is InChI=1S/C28H30ClF3N6O3Si/c1-27(2,42(3,4)40)10-6-11-33-23(39)16-37-12-9-18-19(7-5-8-22(18)37)24-35-26(41-36-24)21-15-38-14-17(28(30,31)32)13-20(29)25(38)34-21/h5,7-9,12-15,40H,6,10-11,16H2,1-4H3,(H,33,39). The van der Waals surface area contributed by atoms with Gasteiger partial charge in [-0.2, -0.15) is 18.2 Å². The van der Waals surface area contributed by atoms with Crippen molar-refractivity contribution < 1.29 is 27.3 Å². The molecule has 0 atom stereocenters. The first-order chi connectivity index (χ1) is 19.6. The van der Waals surface area contributed by atoms with E-state index in [-0.39, 0.29) is 45.6 Å². The zero-order valence-electron chi connectivity index (χ0n) is 23.5. The first-order valence-corrected chi connectivity index (χ1v) is 16.6. The zero-order chi connectivity index (χ0) is 30.4. The molecule has 0 fully saturated rings. The van der Waals surface area contributed by atoms with E-state index in [1.165, 1.54) is 10.6 Å². The van der Waals surface area contributed by atoms with Crippen LogP contribution in [0, 0.1) is 0 Å². The molecule has 5 rings (SSSR count). The van der Waals surface area contributed by atoms with Crippen molar-refractivity contribution in [3.63, 3.8) is 0 Å². The van der Waals surface area contributed by atoms with Crippen molar-refractivity contribution in [1.82, 2.24) is 29.4 Å². The second-order valence-electron chi connectivity index (χ2n) is 11.4. The highest BCUT2D eigenvalue weighted by Crippen LogP contribution is 2.39. The third kappa shape index (κ3) is 5.94. The number of pyridine rings is 1. The lowest BCUT2D eigenvalue weighted by Crippen LogP contribution is -2.39. The molecule has 0 spiro atoms. The predicted molar refractivity (Wildman–Crippen MR) is 155 cm³/mol. The van der Waals surface area contributed by atoms with Gasteiger partial charge in [0.1, 0.15) is 12.2 Å². The van der Waals surface area contributed by atoms with Gasteiger partial charge < -0.3 is 23.6 Å². The number of carbonyl (C=O) groups is 1. The second-order valence-corrected chi connectivity index (χ2v) is 16.3. The van der Waals surface area contributed by atoms with E-state index in [9.17, 15) is 22.8 Å². The van der Waals surface area contributed by atoms with Crippen LogP contribution in [0.3, 0.4) is 0 Å². The Hall–Kier alpha value is -3.68. The average Bonchev–Trinajstić information content (AvgIpc) is 3.64. The second kappa shape index (κ2) is 10.9. The minimum Gasteiger partial charge on any atom is -0.432 e. The number of fused-ring (bicyclic) bond motifs is 2. The number of imidazole rings is 1. The summed E-state index contributed by atoms with van der Waals surface area (Å²) < 4.78 is 48.0. The van der Waals surface area contributed by atoms with E-state index in [0.717, 1.165) is 36.0 Å². The Bertz CT molecular complexity index is 1770. The van der Waals surface area contributed by atoms with Crippen LogP contribution in [0.4, 0.5) is 13.2 Å². The molecule has 0 radical (unpaired) electrons. The highest BCUT2D eigenvalue weighted by molar-refractivity contribution is 6.72. The third-order valence-electron chi connectivity index (χ3n) is 7.80. The van der Waals surface area contributed by atoms with E-state index >= 15 is 0 Å². The molecule has 1 aromatic carbocycles. The summed E-state index contributed by atoms with van der Waals surface area (Å²) in [7, 11) is -2.30. The SMILES string of the molecule is CC(C)(CCCNC(=O)Cn1ccc2c(-c3noc(-c4cn5cc(C(F)(F)F)cc(Cl)c5n4)n3)cccc21)[Si](C)(C)O. The Morgan fingerprint density at radius 1 is 1.17 bits per heavy atom. The van der Waals surface area contributed by atoms with Gasteiger partial charge in [-0.1, -0.05) is 42.7 Å². The Morgan fingerprint density at radius 2 is 1.93 bits per heavy atom. The molecule has 0 aliphatic rings. The highest BCUT2D eigenvalue weighted by atomic mass is 35.5. The molecule has 4 heterocycles. The summed E-state index contributed by atoms with van der Waals surface area (Å²) in [5.74, 6) is 0.150. The van der Waals surface area contributed by atoms with Crippen LogP contribution in [0.25, 0.3) is 39.5 Å². The van der Waals surface area contributed by atoms with Crippen LogP contribution < -0.4 is 5.32 Å². The van der Waals surface area contributed by atoms with Crippen LogP contribution in [0.1, 0.15) is 32.3 Å². The number of halogens is 4. The average molecular weight is 619 g/mol. The minimum atomic E-state index is -4.56. The molecule has 0 bridgehead atoms. The van der Waals surface area contributed by atoms with Crippen LogP contribution >= 0.6 is 11.6 Å². The number of alkyl halides is 3. The van der Waals surface area contributed by atoms with Gasteiger partial charge in [-0.25, -0.2) is 4.98 Å². The maximum absolute atomic E-state index is 13.2. The quantitative estimate of drug-likeness (QED) is 0.143. The number of nitrogens with one attached hydrogen (secondary N) is 1. The number of nitrogens with zero attached hydrogens (tertiary/aromatic N) is 5. The van der Waals surface area contributed by atoms with Gasteiger partial charge in [-0.05, 0) is 49.2 Å². The molecule has 0 saturated heterocycles. The molecular weight excluding hydrogens is 589 g/mol. The molecule has 4 aromatic heterocycles. The molecule has 0 unspecified atom stereocenters. The van der Waals surface area contributed by atoms with Gasteiger partial charge in [0.2, 0.25) is 11.7 Å². The lowest BCUT2D eigenvalue weighted by atomic mass is 10.1. The molecule has 0 aliphatic carbocycles. The Kier molecular flexibility index (Phi) is 7.71. The van der Waals surface area contributed by atoms with Crippen LogP contribution in [0.15, 0.2) is 53.4 Å². The lowest BCUT2D eigenvalue weighted by Gasteiger charge is -2.35. The summed E-state index contributed by atoms with van der Waals surface area (Å²) in [5.41, 5.74) is 0.837. The summed E-state index contributed by atoms with van der Waals surface area (Å²) in [6.07, 6.45) is 1.08. The summed E-state index contributed by atoms with van der Waals surface area (Å²) in [6, 6.07) is 8.18. The van der Waals surface area contributed by atoms with E-state index in [0.29, 0.717) is 12.1 Å². The van der Waals surface area contributed by atoms with E-state index in [2.05, 4.69) is 34.3 Å². The number of rotatable bonds is 9. The van der Waals surface area contributed by atoms with Crippen molar-refractivity contribution >= 4 is 42.4 Å². The number of aromatic nitrogens is 5. The Balaban J connectivity index is 1.31. The molecule has 1 amide bonds. The Labute approximate surface area is 245 Å². The number of benzene rings is 1. The molecule has 0 aliphatic heterocycles. The number of carbonyl (C=O) groups excluding carboxylic acids is 1. The maximum Gasteiger partial charge on any atom is 0.417 e. The number of amides is 1. The maximum atomic E-state index is 13.2. The van der Waals surface area contributed by atoms with E-state index < -0.39 is 20.1 Å². The molecule has 5 aromatic rings. The molecule has 14 heteroatoms. The monoisotopic (exact) mass is 618 g/mol. The van der Waals surface area contributed by atoms with Gasteiger partial charge in [0.25, 0.3) is 5.89 Å². The molecule has 0 saturated carbocycles. The predicted octanol–water partition coefficient (Wildman–Crippen LogP) is 6.55. The molecule has 2 N–H and O–H groups in total. The summed E-state index contributed by atoms with van der Waals surface area (Å²) in [4.78, 5) is 31.8. The Morgan fingerprint density at radius 3 is 2.64 bits per heavy atom. The molecule has 222 valence electrons. The van der Waals surface area contributed by atoms with Crippen molar-refractivity contribution in [2.45, 2.75) is 57.5 Å². The fourth-order valence-electron chi connectivity index (χ4n) is 4.58. The lowest BCUT2D eigenvalue weighted by molar-refractivity contribution is -0.137. The number of hydrogen-bond acceptors (Lipinski definition) is 6. The van der Waals surface area contributed by atoms with Gasteiger partial charge in [0, 0.05) is 41.6 Å². The summed E-state index contributed by atoms with van der Waals surface area (Å²) in [5, 5.41) is 7.51. The van der Waals surface area contributed by atoms with Crippen LogP contribution in [0.5, 0.6) is 0 Å². The van der Waals surface area contributed by atoms with Crippen molar-refractivity contribution in [2.24, 2.45) is 0 Å². The fourth-order valence-corrected chi connectivity index (χ4v) is 5.63. The van der Waals surface area contributed by atoms with Crippen LogP contribution in [-0.2, 0) is 17.5 Å². The fraction of sp³-hybridized carbons (Fsp3) is 0.357. The van der Waals surface area contributed by atoms with Crippen LogP contribution in [0.2, 0.25) is 23.2 Å². The van der Waals surface area contributed by atoms with Crippen molar-refractivity contribution in [2.75, 3.05) is 6.54 Å². The van der Waals surface area contributed by atoms with E-state index in [1.807, 2.05) is 41.9 Å². The summed E-state index contributed by atoms with van der Waals surface area (Å²) >= 11 is 6.05. The molecule has 9 nitrogen and oxygen atoms in total. The van der Waals surface area contributed by atoms with Crippen molar-refractivity contribution in [3.8, 4) is 23.0 Å². The first-order valence-electron chi connectivity index (χ1n) is 13.3. The van der Waals surface area contributed by atoms with Crippen LogP contribution in [-0.4, -0.2) is 49.7 Å². The molecule has 42 heavy (non-hydrogen) atoms. The summed E-state index contributed by atoms with van der Waals surface area (Å²) in [6.45, 7) is 8.63. The molecular formula is C28H30ClF3N6O3Si. The highest BCUT2D eigenvalue weighted by Gasteiger charge is 2.37. The minimum absolute atomic E-state index is 0.0181. The smallest absolute Gasteiger partial charge is 0.417 e. The van der Waals surface area contributed by atoms with Crippen molar-refractivity contribution in [3.05, 3.63) is 59.5 Å².